The third-order valence-corrected chi connectivity index (χ3v) is 7.11. The SMILES string of the molecule is O=P(O)(O)N(CC(Br)CBr)CC(Br)CBr. The summed E-state index contributed by atoms with van der Waals surface area (Å²) in [4.78, 5) is 18.3. The monoisotopic (exact) mass is 493 g/mol. The number of halogens is 4. The van der Waals surface area contributed by atoms with Crippen LogP contribution in [0.15, 0.2) is 0 Å². The Bertz CT molecular complexity index is 214. The molecule has 4 nitrogen and oxygen atoms in total. The minimum absolute atomic E-state index is 0.0140. The molecule has 0 saturated heterocycles. The van der Waals surface area contributed by atoms with E-state index in [4.69, 9.17) is 9.79 Å². The number of alkyl halides is 4. The molecule has 0 aromatic carbocycles. The lowest BCUT2D eigenvalue weighted by Gasteiger charge is -2.26. The molecule has 0 amide bonds. The summed E-state index contributed by atoms with van der Waals surface area (Å²) in [6.07, 6.45) is 0. The summed E-state index contributed by atoms with van der Waals surface area (Å²) in [5.41, 5.74) is 0. The first kappa shape index (κ1) is 17.0. The van der Waals surface area contributed by atoms with E-state index in [2.05, 4.69) is 63.7 Å². The van der Waals surface area contributed by atoms with Gasteiger partial charge in [-0.3, -0.25) is 0 Å². The van der Waals surface area contributed by atoms with Crippen LogP contribution in [0.3, 0.4) is 0 Å². The van der Waals surface area contributed by atoms with Gasteiger partial charge in [-0.25, -0.2) is 9.24 Å². The van der Waals surface area contributed by atoms with Crippen molar-refractivity contribution >= 4 is 71.5 Å². The van der Waals surface area contributed by atoms with Crippen LogP contribution in [0.5, 0.6) is 0 Å². The van der Waals surface area contributed by atoms with Crippen molar-refractivity contribution in [2.24, 2.45) is 0 Å². The van der Waals surface area contributed by atoms with Gasteiger partial charge in [-0.15, -0.1) is 0 Å². The molecule has 0 spiro atoms. The topological polar surface area (TPSA) is 60.8 Å². The molecule has 0 fully saturated rings. The summed E-state index contributed by atoms with van der Waals surface area (Å²) in [7, 11) is -4.18. The highest BCUT2D eigenvalue weighted by molar-refractivity contribution is 9.12. The van der Waals surface area contributed by atoms with Crippen LogP contribution in [-0.4, -0.2) is 47.9 Å². The molecule has 0 aromatic heterocycles. The number of nitrogens with zero attached hydrogens (tertiary/aromatic N) is 1. The van der Waals surface area contributed by atoms with Crippen molar-refractivity contribution in [1.29, 1.82) is 0 Å². The van der Waals surface area contributed by atoms with Crippen LogP contribution in [0.1, 0.15) is 0 Å². The Labute approximate surface area is 123 Å². The lowest BCUT2D eigenvalue weighted by atomic mass is 10.4. The molecule has 2 N–H and O–H groups in total. The molecular formula is C6H12Br4NO3P. The molecule has 0 aliphatic rings. The van der Waals surface area contributed by atoms with Crippen LogP contribution in [0.25, 0.3) is 0 Å². The fourth-order valence-electron chi connectivity index (χ4n) is 0.842. The predicted octanol–water partition coefficient (Wildman–Crippen LogP) is 2.70. The van der Waals surface area contributed by atoms with Gasteiger partial charge in [-0.1, -0.05) is 63.7 Å². The predicted molar refractivity (Wildman–Crippen MR) is 76.6 cm³/mol. The molecule has 92 valence electrons. The van der Waals surface area contributed by atoms with Gasteiger partial charge >= 0.3 is 7.75 Å². The third kappa shape index (κ3) is 7.86. The molecule has 0 saturated carbocycles. The molecule has 0 aliphatic carbocycles. The Balaban J connectivity index is 4.39. The van der Waals surface area contributed by atoms with E-state index < -0.39 is 7.75 Å². The highest BCUT2D eigenvalue weighted by Crippen LogP contribution is 2.41. The van der Waals surface area contributed by atoms with Crippen LogP contribution in [-0.2, 0) is 4.57 Å². The van der Waals surface area contributed by atoms with Gasteiger partial charge < -0.3 is 9.79 Å². The normalized spacial score (nSPS) is 16.7. The average Bonchev–Trinajstić information content (AvgIpc) is 2.14. The zero-order valence-electron chi connectivity index (χ0n) is 7.69. The highest BCUT2D eigenvalue weighted by atomic mass is 79.9. The quantitative estimate of drug-likeness (QED) is 0.420. The number of rotatable bonds is 7. The second-order valence-electron chi connectivity index (χ2n) is 2.89. The molecule has 0 bridgehead atoms. The Morgan fingerprint density at radius 2 is 1.40 bits per heavy atom. The second kappa shape index (κ2) is 8.19. The molecule has 15 heavy (non-hydrogen) atoms. The van der Waals surface area contributed by atoms with E-state index in [-0.39, 0.29) is 9.65 Å². The molecule has 9 heteroatoms. The highest BCUT2D eigenvalue weighted by Gasteiger charge is 2.28. The largest absolute Gasteiger partial charge is 0.403 e. The summed E-state index contributed by atoms with van der Waals surface area (Å²) in [6.45, 7) is 0.593. The van der Waals surface area contributed by atoms with Crippen molar-refractivity contribution in [2.75, 3.05) is 23.7 Å². The van der Waals surface area contributed by atoms with Crippen molar-refractivity contribution < 1.29 is 14.4 Å². The lowest BCUT2D eigenvalue weighted by Crippen LogP contribution is -2.33. The van der Waals surface area contributed by atoms with Gasteiger partial charge in [-0.05, 0) is 0 Å². The van der Waals surface area contributed by atoms with Crippen LogP contribution < -0.4 is 0 Å². The Morgan fingerprint density at radius 1 is 1.07 bits per heavy atom. The maximum atomic E-state index is 11.2. The summed E-state index contributed by atoms with van der Waals surface area (Å²) in [5, 5.41) is 1.29. The zero-order chi connectivity index (χ0) is 12.1. The standard InChI is InChI=1S/C6H12Br4NO3P/c7-1-5(9)3-11(15(12,13)14)4-6(10)2-8/h5-6H,1-4H2,(H2,12,13,14). The van der Waals surface area contributed by atoms with E-state index in [0.29, 0.717) is 23.7 Å². The fraction of sp³-hybridized carbons (Fsp3) is 1.00. The first-order chi connectivity index (χ1) is 6.81. The lowest BCUT2D eigenvalue weighted by molar-refractivity contribution is 0.273. The molecule has 2 atom stereocenters. The van der Waals surface area contributed by atoms with Crippen molar-refractivity contribution in [1.82, 2.24) is 4.67 Å². The van der Waals surface area contributed by atoms with Crippen molar-refractivity contribution in [2.45, 2.75) is 9.65 Å². The zero-order valence-corrected chi connectivity index (χ0v) is 14.9. The van der Waals surface area contributed by atoms with E-state index in [1.165, 1.54) is 0 Å². The van der Waals surface area contributed by atoms with Crippen LogP contribution >= 0.6 is 71.5 Å². The molecule has 2 unspecified atom stereocenters. The van der Waals surface area contributed by atoms with Gasteiger partial charge in [0.1, 0.15) is 0 Å². The summed E-state index contributed by atoms with van der Waals surface area (Å²) >= 11 is 13.1. The van der Waals surface area contributed by atoms with Gasteiger partial charge in [0.2, 0.25) is 0 Å². The van der Waals surface area contributed by atoms with E-state index >= 15 is 0 Å². The van der Waals surface area contributed by atoms with Gasteiger partial charge in [0.15, 0.2) is 0 Å². The molecule has 0 rings (SSSR count). The van der Waals surface area contributed by atoms with Gasteiger partial charge in [0.25, 0.3) is 0 Å². The maximum Gasteiger partial charge on any atom is 0.403 e. The van der Waals surface area contributed by atoms with Crippen molar-refractivity contribution in [3.63, 3.8) is 0 Å². The smallest absolute Gasteiger partial charge is 0.312 e. The Kier molecular flexibility index (Phi) is 9.30. The van der Waals surface area contributed by atoms with Crippen LogP contribution in [0.2, 0.25) is 0 Å². The van der Waals surface area contributed by atoms with E-state index in [1.54, 1.807) is 0 Å². The molecule has 0 aliphatic heterocycles. The van der Waals surface area contributed by atoms with E-state index in [9.17, 15) is 4.57 Å². The molecular weight excluding hydrogens is 485 g/mol. The Morgan fingerprint density at radius 3 is 1.60 bits per heavy atom. The van der Waals surface area contributed by atoms with Gasteiger partial charge in [0.05, 0.1) is 0 Å². The third-order valence-electron chi connectivity index (χ3n) is 1.52. The minimum Gasteiger partial charge on any atom is -0.312 e. The van der Waals surface area contributed by atoms with Crippen LogP contribution in [0, 0.1) is 0 Å². The average molecular weight is 497 g/mol. The van der Waals surface area contributed by atoms with Crippen molar-refractivity contribution in [3.8, 4) is 0 Å². The first-order valence-electron chi connectivity index (χ1n) is 4.02. The summed E-state index contributed by atoms with van der Waals surface area (Å²) in [6, 6.07) is 0. The van der Waals surface area contributed by atoms with Crippen LogP contribution in [0.4, 0.5) is 0 Å². The fourth-order valence-corrected chi connectivity index (χ4v) is 3.22. The Hall–Kier alpha value is 2.03. The van der Waals surface area contributed by atoms with E-state index in [0.717, 1.165) is 4.67 Å². The summed E-state index contributed by atoms with van der Waals surface area (Å²) in [5.74, 6) is 0. The molecule has 0 radical (unpaired) electrons. The van der Waals surface area contributed by atoms with Gasteiger partial charge in [-0.2, -0.15) is 0 Å². The molecule has 0 heterocycles. The summed E-state index contributed by atoms with van der Waals surface area (Å²) < 4.78 is 12.3. The first-order valence-corrected chi connectivity index (χ1v) is 9.66. The van der Waals surface area contributed by atoms with Crippen molar-refractivity contribution in [3.05, 3.63) is 0 Å². The second-order valence-corrected chi connectivity index (χ2v) is 8.37. The minimum atomic E-state index is -4.18. The van der Waals surface area contributed by atoms with Gasteiger partial charge in [0, 0.05) is 33.4 Å². The van der Waals surface area contributed by atoms with E-state index in [1.807, 2.05) is 0 Å². The maximum absolute atomic E-state index is 11.2. The number of hydrogen-bond donors (Lipinski definition) is 2. The number of hydrogen-bond acceptors (Lipinski definition) is 1. The molecule has 0 aromatic rings.